The molecule has 1 aromatic heterocycles. The molecule has 9 heteroatoms. The van der Waals surface area contributed by atoms with E-state index in [1.807, 2.05) is 11.5 Å². The lowest BCUT2D eigenvalue weighted by atomic mass is 9.94. The van der Waals surface area contributed by atoms with E-state index >= 15 is 0 Å². The minimum absolute atomic E-state index is 0.0735. The summed E-state index contributed by atoms with van der Waals surface area (Å²) in [6, 6.07) is 5.65. The van der Waals surface area contributed by atoms with Crippen molar-refractivity contribution >= 4 is 26.7 Å². The van der Waals surface area contributed by atoms with Crippen molar-refractivity contribution in [3.63, 3.8) is 0 Å². The lowest BCUT2D eigenvalue weighted by Crippen LogP contribution is -2.28. The second-order valence-corrected chi connectivity index (χ2v) is 9.64. The molecule has 0 saturated carbocycles. The molecule has 0 N–H and O–H groups in total. The minimum Gasteiger partial charge on any atom is -0.293 e. The second kappa shape index (κ2) is 7.73. The van der Waals surface area contributed by atoms with Gasteiger partial charge in [0.15, 0.2) is 9.84 Å². The van der Waals surface area contributed by atoms with Crippen molar-refractivity contribution < 1.29 is 21.6 Å². The van der Waals surface area contributed by atoms with Gasteiger partial charge in [-0.3, -0.25) is 4.90 Å². The van der Waals surface area contributed by atoms with E-state index < -0.39 is 21.6 Å². The van der Waals surface area contributed by atoms with Gasteiger partial charge in [0.2, 0.25) is 0 Å². The average molecular weight is 416 g/mol. The Hall–Kier alpha value is -1.71. The van der Waals surface area contributed by atoms with Gasteiger partial charge in [0.25, 0.3) is 0 Å². The zero-order valence-corrected chi connectivity index (χ0v) is 16.3. The first kappa shape index (κ1) is 20.0. The fraction of sp³-hybridized carbons (Fsp3) is 0.389. The highest BCUT2D eigenvalue weighted by molar-refractivity contribution is 7.90. The van der Waals surface area contributed by atoms with E-state index in [2.05, 4.69) is 9.88 Å². The number of thiazole rings is 1. The number of nitrogens with zero attached hydrogens (tertiary/aromatic N) is 2. The van der Waals surface area contributed by atoms with Gasteiger partial charge in [-0.2, -0.15) is 13.2 Å². The highest BCUT2D eigenvalue weighted by atomic mass is 32.2. The standard InChI is InChI=1S/C18H19F3N2O2S2/c1-27(24,25)12-17-22-14(11-26-17)10-23-8-6-13(7-9-23)15-4-2-3-5-16(15)18(19,20)21/h2-6,11H,7-10,12H2,1H3. The molecule has 3 rings (SSSR count). The van der Waals surface area contributed by atoms with E-state index in [-0.39, 0.29) is 11.3 Å². The summed E-state index contributed by atoms with van der Waals surface area (Å²) >= 11 is 1.31. The van der Waals surface area contributed by atoms with Gasteiger partial charge < -0.3 is 0 Å². The molecule has 27 heavy (non-hydrogen) atoms. The lowest BCUT2D eigenvalue weighted by Gasteiger charge is -2.26. The molecule has 0 radical (unpaired) electrons. The summed E-state index contributed by atoms with van der Waals surface area (Å²) in [6.07, 6.45) is -0.847. The van der Waals surface area contributed by atoms with E-state index in [1.54, 1.807) is 6.07 Å². The molecule has 4 nitrogen and oxygen atoms in total. The Bertz CT molecular complexity index is 950. The Morgan fingerprint density at radius 2 is 2.00 bits per heavy atom. The zero-order valence-electron chi connectivity index (χ0n) is 14.7. The zero-order chi connectivity index (χ0) is 19.7. The Kier molecular flexibility index (Phi) is 5.73. The number of halogens is 3. The molecule has 146 valence electrons. The van der Waals surface area contributed by atoms with Gasteiger partial charge in [0.1, 0.15) is 10.8 Å². The third-order valence-electron chi connectivity index (χ3n) is 4.24. The van der Waals surface area contributed by atoms with Crippen LogP contribution in [-0.2, 0) is 28.3 Å². The summed E-state index contributed by atoms with van der Waals surface area (Å²) in [4.78, 5) is 6.42. The quantitative estimate of drug-likeness (QED) is 0.740. The number of hydrogen-bond donors (Lipinski definition) is 0. The first-order valence-corrected chi connectivity index (χ1v) is 11.2. The molecule has 0 bridgehead atoms. The van der Waals surface area contributed by atoms with Gasteiger partial charge >= 0.3 is 6.18 Å². The molecule has 0 aliphatic carbocycles. The predicted molar refractivity (Wildman–Crippen MR) is 100.0 cm³/mol. The number of benzene rings is 1. The molecule has 2 aromatic rings. The molecule has 2 heterocycles. The molecule has 1 aliphatic rings. The van der Waals surface area contributed by atoms with Crippen molar-refractivity contribution in [3.8, 4) is 0 Å². The predicted octanol–water partition coefficient (Wildman–Crippen LogP) is 4.00. The molecule has 0 spiro atoms. The van der Waals surface area contributed by atoms with Crippen LogP contribution in [0.3, 0.4) is 0 Å². The normalized spacial score (nSPS) is 16.4. The van der Waals surface area contributed by atoms with E-state index in [0.717, 1.165) is 11.8 Å². The largest absolute Gasteiger partial charge is 0.416 e. The maximum Gasteiger partial charge on any atom is 0.416 e. The van der Waals surface area contributed by atoms with Crippen LogP contribution in [-0.4, -0.2) is 37.6 Å². The van der Waals surface area contributed by atoms with Crippen LogP contribution in [0, 0.1) is 0 Å². The first-order valence-electron chi connectivity index (χ1n) is 8.31. The summed E-state index contributed by atoms with van der Waals surface area (Å²) in [5, 5.41) is 2.39. The number of hydrogen-bond acceptors (Lipinski definition) is 5. The number of sulfone groups is 1. The molecular formula is C18H19F3N2O2S2. The van der Waals surface area contributed by atoms with Gasteiger partial charge in [-0.1, -0.05) is 24.3 Å². The van der Waals surface area contributed by atoms with Crippen molar-refractivity contribution in [1.29, 1.82) is 0 Å². The van der Waals surface area contributed by atoms with E-state index in [4.69, 9.17) is 0 Å². The van der Waals surface area contributed by atoms with Crippen LogP contribution in [0.25, 0.3) is 5.57 Å². The second-order valence-electron chi connectivity index (χ2n) is 6.56. The molecule has 1 aromatic carbocycles. The third-order valence-corrected chi connectivity index (χ3v) is 6.12. The number of rotatable bonds is 5. The smallest absolute Gasteiger partial charge is 0.293 e. The Balaban J connectivity index is 1.68. The Morgan fingerprint density at radius 3 is 2.63 bits per heavy atom. The fourth-order valence-corrected chi connectivity index (χ4v) is 5.05. The highest BCUT2D eigenvalue weighted by Crippen LogP contribution is 2.36. The van der Waals surface area contributed by atoms with Gasteiger partial charge in [-0.15, -0.1) is 11.3 Å². The summed E-state index contributed by atoms with van der Waals surface area (Å²) in [7, 11) is -3.12. The Morgan fingerprint density at radius 1 is 1.26 bits per heavy atom. The van der Waals surface area contributed by atoms with Crippen molar-refractivity contribution in [3.05, 3.63) is 57.6 Å². The third kappa shape index (κ3) is 5.40. The fourth-order valence-electron chi connectivity index (χ4n) is 3.05. The molecule has 0 atom stereocenters. The van der Waals surface area contributed by atoms with Gasteiger partial charge in [-0.25, -0.2) is 13.4 Å². The van der Waals surface area contributed by atoms with Crippen LogP contribution in [0.5, 0.6) is 0 Å². The van der Waals surface area contributed by atoms with Gasteiger partial charge in [-0.05, 0) is 23.6 Å². The molecule has 0 amide bonds. The van der Waals surface area contributed by atoms with E-state index in [9.17, 15) is 21.6 Å². The van der Waals surface area contributed by atoms with Crippen LogP contribution in [0.2, 0.25) is 0 Å². The maximum atomic E-state index is 13.2. The first-order chi connectivity index (χ1) is 12.6. The van der Waals surface area contributed by atoms with E-state index in [1.165, 1.54) is 29.7 Å². The maximum absolute atomic E-state index is 13.2. The molecule has 1 aliphatic heterocycles. The average Bonchev–Trinajstić information content (AvgIpc) is 3.00. The van der Waals surface area contributed by atoms with Crippen molar-refractivity contribution in [2.75, 3.05) is 19.3 Å². The highest BCUT2D eigenvalue weighted by Gasteiger charge is 2.34. The molecule has 0 saturated heterocycles. The number of aromatic nitrogens is 1. The van der Waals surface area contributed by atoms with Crippen molar-refractivity contribution in [2.45, 2.75) is 24.9 Å². The van der Waals surface area contributed by atoms with Crippen LogP contribution in [0.1, 0.15) is 28.2 Å². The molecular weight excluding hydrogens is 397 g/mol. The van der Waals surface area contributed by atoms with Crippen LogP contribution in [0.15, 0.2) is 35.7 Å². The van der Waals surface area contributed by atoms with Gasteiger partial charge in [0, 0.05) is 31.3 Å². The van der Waals surface area contributed by atoms with E-state index in [0.29, 0.717) is 36.6 Å². The van der Waals surface area contributed by atoms with Crippen LogP contribution in [0.4, 0.5) is 13.2 Å². The monoisotopic (exact) mass is 416 g/mol. The number of alkyl halides is 3. The summed E-state index contributed by atoms with van der Waals surface area (Å²) in [6.45, 7) is 1.70. The van der Waals surface area contributed by atoms with Gasteiger partial charge in [0.05, 0.1) is 11.3 Å². The summed E-state index contributed by atoms with van der Waals surface area (Å²) < 4.78 is 62.3. The van der Waals surface area contributed by atoms with Crippen LogP contribution < -0.4 is 0 Å². The lowest BCUT2D eigenvalue weighted by molar-refractivity contribution is -0.137. The van der Waals surface area contributed by atoms with Crippen molar-refractivity contribution in [2.24, 2.45) is 0 Å². The Labute approximate surface area is 160 Å². The topological polar surface area (TPSA) is 50.3 Å². The summed E-state index contributed by atoms with van der Waals surface area (Å²) in [5.41, 5.74) is 1.13. The molecule has 0 unspecified atom stereocenters. The molecule has 0 fully saturated rings. The van der Waals surface area contributed by atoms with Crippen molar-refractivity contribution in [1.82, 2.24) is 9.88 Å². The summed E-state index contributed by atoms with van der Waals surface area (Å²) in [5.74, 6) is -0.0735. The SMILES string of the molecule is CS(=O)(=O)Cc1nc(CN2CC=C(c3ccccc3C(F)(F)F)CC2)cs1. The van der Waals surface area contributed by atoms with Crippen LogP contribution >= 0.6 is 11.3 Å². The minimum atomic E-state index is -4.37.